The number of para-hydroxylation sites is 1. The zero-order chi connectivity index (χ0) is 16.7. The Kier molecular flexibility index (Phi) is 3.56. The lowest BCUT2D eigenvalue weighted by molar-refractivity contribution is -0.216. The lowest BCUT2D eigenvalue weighted by Crippen LogP contribution is -2.62. The van der Waals surface area contributed by atoms with Crippen LogP contribution in [0.3, 0.4) is 0 Å². The summed E-state index contributed by atoms with van der Waals surface area (Å²) in [6.07, 6.45) is 0.0978. The number of hydrogen-bond donors (Lipinski definition) is 3. The molecule has 1 saturated carbocycles. The molecule has 1 aliphatic rings. The van der Waals surface area contributed by atoms with Crippen molar-refractivity contribution in [2.75, 3.05) is 0 Å². The highest BCUT2D eigenvalue weighted by Gasteiger charge is 2.61. The molecule has 8 heteroatoms. The summed E-state index contributed by atoms with van der Waals surface area (Å²) in [5.74, 6) is -6.74. The number of fused-ring (bicyclic) bond motifs is 1. The van der Waals surface area contributed by atoms with Crippen LogP contribution >= 0.6 is 0 Å². The third kappa shape index (κ3) is 2.55. The fourth-order valence-electron chi connectivity index (χ4n) is 2.38. The summed E-state index contributed by atoms with van der Waals surface area (Å²) < 4.78 is 32.9. The summed E-state index contributed by atoms with van der Waals surface area (Å²) in [5, 5.41) is 10.3. The van der Waals surface area contributed by atoms with Crippen molar-refractivity contribution in [3.05, 3.63) is 36.1 Å². The Labute approximate surface area is 129 Å². The average Bonchev–Trinajstić information content (AvgIpc) is 2.93. The predicted molar refractivity (Wildman–Crippen MR) is 75.6 cm³/mol. The molecule has 1 aliphatic carbocycles. The number of hydrazine groups is 1. The quantitative estimate of drug-likeness (QED) is 0.750. The first-order valence-corrected chi connectivity index (χ1v) is 7.03. The Bertz CT molecular complexity index is 735. The van der Waals surface area contributed by atoms with E-state index in [0.717, 1.165) is 0 Å². The van der Waals surface area contributed by atoms with E-state index >= 15 is 0 Å². The molecular weight excluding hydrogens is 310 g/mol. The minimum Gasteiger partial charge on any atom is -0.451 e. The van der Waals surface area contributed by atoms with E-state index in [2.05, 4.69) is 0 Å². The minimum atomic E-state index is -3.98. The van der Waals surface area contributed by atoms with Gasteiger partial charge in [-0.1, -0.05) is 18.2 Å². The van der Waals surface area contributed by atoms with Gasteiger partial charge in [0, 0.05) is 5.39 Å². The molecule has 1 aromatic heterocycles. The van der Waals surface area contributed by atoms with Crippen LogP contribution in [-0.4, -0.2) is 28.4 Å². The number of alkyl halides is 2. The molecule has 23 heavy (non-hydrogen) atoms. The van der Waals surface area contributed by atoms with Crippen molar-refractivity contribution in [3.8, 4) is 0 Å². The van der Waals surface area contributed by atoms with Crippen LogP contribution in [0.25, 0.3) is 11.0 Å². The largest absolute Gasteiger partial charge is 0.451 e. The van der Waals surface area contributed by atoms with Gasteiger partial charge in [-0.15, -0.1) is 0 Å². The zero-order valence-corrected chi connectivity index (χ0v) is 11.9. The maximum absolute atomic E-state index is 13.8. The maximum atomic E-state index is 13.8. The normalized spacial score (nSPS) is 16.7. The lowest BCUT2D eigenvalue weighted by Gasteiger charge is -2.41. The topological polar surface area (TPSA) is 91.6 Å². The predicted octanol–water partition coefficient (Wildman–Crippen LogP) is 1.74. The Morgan fingerprint density at radius 2 is 1.91 bits per heavy atom. The number of carbonyl (C=O) groups excluding carboxylic acids is 2. The smallest absolute Gasteiger partial charge is 0.354 e. The molecule has 3 rings (SSSR count). The summed E-state index contributed by atoms with van der Waals surface area (Å²) in [4.78, 5) is 23.4. The molecule has 0 bridgehead atoms. The van der Waals surface area contributed by atoms with Gasteiger partial charge in [0.2, 0.25) is 0 Å². The number of halogens is 2. The van der Waals surface area contributed by atoms with Crippen LogP contribution in [0.15, 0.2) is 34.7 Å². The Balaban J connectivity index is 1.65. The maximum Gasteiger partial charge on any atom is 0.354 e. The van der Waals surface area contributed by atoms with Crippen LogP contribution in [0.4, 0.5) is 8.78 Å². The molecular formula is C15H14F2N2O4. The summed E-state index contributed by atoms with van der Waals surface area (Å²) in [7, 11) is 0. The molecule has 0 aliphatic heterocycles. The highest BCUT2D eigenvalue weighted by atomic mass is 19.3. The molecule has 0 atom stereocenters. The van der Waals surface area contributed by atoms with Gasteiger partial charge >= 0.3 is 17.7 Å². The molecule has 0 saturated heterocycles. The highest BCUT2D eigenvalue weighted by Crippen LogP contribution is 2.44. The second kappa shape index (κ2) is 5.31. The summed E-state index contributed by atoms with van der Waals surface area (Å²) in [5.41, 5.74) is 1.60. The number of rotatable bonds is 3. The number of nitrogens with one attached hydrogen (secondary N) is 2. The third-order valence-electron chi connectivity index (χ3n) is 3.99. The molecule has 1 heterocycles. The molecule has 1 aromatic carbocycles. The zero-order valence-electron chi connectivity index (χ0n) is 11.9. The van der Waals surface area contributed by atoms with Crippen molar-refractivity contribution >= 4 is 22.8 Å². The number of furan rings is 1. The highest BCUT2D eigenvalue weighted by molar-refractivity contribution is 5.97. The van der Waals surface area contributed by atoms with Gasteiger partial charge in [-0.25, -0.2) is 0 Å². The van der Waals surface area contributed by atoms with Gasteiger partial charge in [-0.3, -0.25) is 20.4 Å². The molecule has 0 spiro atoms. The van der Waals surface area contributed by atoms with E-state index in [1.807, 2.05) is 5.43 Å². The number of hydrogen-bond acceptors (Lipinski definition) is 4. The van der Waals surface area contributed by atoms with Crippen LogP contribution < -0.4 is 10.9 Å². The molecule has 0 unspecified atom stereocenters. The third-order valence-corrected chi connectivity index (χ3v) is 3.99. The van der Waals surface area contributed by atoms with Crippen molar-refractivity contribution < 1.29 is 27.9 Å². The van der Waals surface area contributed by atoms with Gasteiger partial charge in [0.25, 0.3) is 0 Å². The van der Waals surface area contributed by atoms with Crippen LogP contribution in [0, 0.1) is 0 Å². The van der Waals surface area contributed by atoms with Crippen LogP contribution in [-0.2, 0) is 4.79 Å². The molecule has 1 fully saturated rings. The van der Waals surface area contributed by atoms with Crippen molar-refractivity contribution in [1.29, 1.82) is 0 Å². The van der Waals surface area contributed by atoms with E-state index < -0.39 is 23.3 Å². The Morgan fingerprint density at radius 3 is 2.52 bits per heavy atom. The summed E-state index contributed by atoms with van der Waals surface area (Å²) in [6.45, 7) is 0. The molecule has 2 aromatic rings. The van der Waals surface area contributed by atoms with Crippen LogP contribution in [0.1, 0.15) is 29.8 Å². The molecule has 0 radical (unpaired) electrons. The molecule has 122 valence electrons. The van der Waals surface area contributed by atoms with E-state index in [4.69, 9.17) is 4.42 Å². The van der Waals surface area contributed by atoms with E-state index in [1.54, 1.807) is 29.7 Å². The van der Waals surface area contributed by atoms with Crippen LogP contribution in [0.2, 0.25) is 0 Å². The monoisotopic (exact) mass is 324 g/mol. The van der Waals surface area contributed by atoms with Crippen molar-refractivity contribution in [3.63, 3.8) is 0 Å². The van der Waals surface area contributed by atoms with Gasteiger partial charge in [0.05, 0.1) is 0 Å². The van der Waals surface area contributed by atoms with E-state index in [-0.39, 0.29) is 18.6 Å². The fraction of sp³-hybridized carbons (Fsp3) is 0.333. The summed E-state index contributed by atoms with van der Waals surface area (Å²) >= 11 is 0. The van der Waals surface area contributed by atoms with Gasteiger partial charge in [-0.2, -0.15) is 8.78 Å². The minimum absolute atomic E-state index is 0.128. The van der Waals surface area contributed by atoms with Gasteiger partial charge in [-0.05, 0) is 31.4 Å². The van der Waals surface area contributed by atoms with Crippen LogP contribution in [0.5, 0.6) is 0 Å². The first-order chi connectivity index (χ1) is 10.8. The van der Waals surface area contributed by atoms with Crippen molar-refractivity contribution in [2.45, 2.75) is 30.8 Å². The second-order valence-electron chi connectivity index (χ2n) is 5.52. The average molecular weight is 324 g/mol. The second-order valence-corrected chi connectivity index (χ2v) is 5.52. The molecule has 6 nitrogen and oxygen atoms in total. The van der Waals surface area contributed by atoms with Gasteiger partial charge in [0.1, 0.15) is 11.2 Å². The lowest BCUT2D eigenvalue weighted by atomic mass is 9.75. The van der Waals surface area contributed by atoms with Gasteiger partial charge < -0.3 is 9.52 Å². The molecule has 3 N–H and O–H groups in total. The first kappa shape index (κ1) is 15.4. The van der Waals surface area contributed by atoms with E-state index in [0.29, 0.717) is 17.4 Å². The summed E-state index contributed by atoms with van der Waals surface area (Å²) in [6, 6.07) is 8.25. The van der Waals surface area contributed by atoms with Crippen molar-refractivity contribution in [2.24, 2.45) is 0 Å². The number of carbonyl (C=O) groups is 2. The van der Waals surface area contributed by atoms with E-state index in [9.17, 15) is 23.5 Å². The number of amides is 2. The van der Waals surface area contributed by atoms with Gasteiger partial charge in [0.15, 0.2) is 5.76 Å². The number of aliphatic hydroxyl groups is 1. The van der Waals surface area contributed by atoms with Crippen molar-refractivity contribution in [1.82, 2.24) is 10.9 Å². The standard InChI is InChI=1S/C15H14F2N2O4/c16-15(17,14(22)6-3-7-14)13(21)19-18-12(20)11-8-9-4-1-2-5-10(9)23-11/h1-2,4-5,8,22H,3,6-7H2,(H,18,20)(H,19,21). The molecule has 2 amide bonds. The Hall–Kier alpha value is -2.48. The fourth-order valence-corrected chi connectivity index (χ4v) is 2.38. The number of benzene rings is 1. The Morgan fingerprint density at radius 1 is 1.22 bits per heavy atom. The first-order valence-electron chi connectivity index (χ1n) is 7.03. The van der Waals surface area contributed by atoms with E-state index in [1.165, 1.54) is 6.07 Å². The SMILES string of the molecule is O=C(NNC(=O)C(F)(F)C1(O)CCC1)c1cc2ccccc2o1.